The molecule has 18 heavy (non-hydrogen) atoms. The minimum absolute atomic E-state index is 0.651. The predicted octanol–water partition coefficient (Wildman–Crippen LogP) is 2.10. The molecule has 0 saturated carbocycles. The van der Waals surface area contributed by atoms with Crippen LogP contribution in [0.5, 0.6) is 0 Å². The lowest BCUT2D eigenvalue weighted by Crippen LogP contribution is -2.44. The largest absolute Gasteiger partial charge is 0.398 e. The van der Waals surface area contributed by atoms with E-state index in [0.717, 1.165) is 6.42 Å². The first-order valence-corrected chi connectivity index (χ1v) is 6.98. The lowest BCUT2D eigenvalue weighted by Gasteiger charge is -2.32. The zero-order chi connectivity index (χ0) is 13.0. The molecule has 0 radical (unpaired) electrons. The van der Waals surface area contributed by atoms with E-state index >= 15 is 0 Å². The van der Waals surface area contributed by atoms with Gasteiger partial charge in [0.15, 0.2) is 0 Å². The fourth-order valence-electron chi connectivity index (χ4n) is 2.33. The van der Waals surface area contributed by atoms with Crippen molar-refractivity contribution < 1.29 is 0 Å². The summed E-state index contributed by atoms with van der Waals surface area (Å²) in [7, 11) is 2.19. The van der Waals surface area contributed by atoms with Gasteiger partial charge in [0.25, 0.3) is 0 Å². The molecule has 0 aliphatic carbocycles. The number of benzene rings is 1. The van der Waals surface area contributed by atoms with Crippen LogP contribution < -0.4 is 5.73 Å². The summed E-state index contributed by atoms with van der Waals surface area (Å²) in [5.41, 5.74) is 7.77. The number of likely N-dealkylation sites (N-methyl/N-ethyl adjacent to an activating group) is 1. The van der Waals surface area contributed by atoms with Crippen LogP contribution in [0.2, 0.25) is 5.02 Å². The molecule has 1 heterocycles. The quantitative estimate of drug-likeness (QED) is 0.848. The molecule has 1 saturated heterocycles. The number of hydrogen-bond acceptors (Lipinski definition) is 3. The summed E-state index contributed by atoms with van der Waals surface area (Å²) < 4.78 is 0. The average molecular weight is 268 g/mol. The Hall–Kier alpha value is -0.770. The Morgan fingerprint density at radius 3 is 2.61 bits per heavy atom. The summed E-state index contributed by atoms with van der Waals surface area (Å²) >= 11 is 5.91. The molecule has 1 aliphatic heterocycles. The van der Waals surface area contributed by atoms with E-state index in [-0.39, 0.29) is 0 Å². The highest BCUT2D eigenvalue weighted by atomic mass is 35.5. The van der Waals surface area contributed by atoms with E-state index in [1.165, 1.54) is 44.7 Å². The van der Waals surface area contributed by atoms with Crippen molar-refractivity contribution in [1.29, 1.82) is 0 Å². The Kier molecular flexibility index (Phi) is 4.87. The molecule has 1 aromatic rings. The Morgan fingerprint density at radius 2 is 1.94 bits per heavy atom. The van der Waals surface area contributed by atoms with Crippen molar-refractivity contribution in [3.8, 4) is 0 Å². The van der Waals surface area contributed by atoms with Crippen molar-refractivity contribution in [2.45, 2.75) is 12.8 Å². The molecule has 0 spiro atoms. The second-order valence-electron chi connectivity index (χ2n) is 5.10. The standard InChI is InChI=1S/C14H22ClN3/c1-17-7-9-18(10-8-17)6-2-3-12-4-5-13(15)14(16)11-12/h4-5,11H,2-3,6-10,16H2,1H3. The van der Waals surface area contributed by atoms with E-state index in [4.69, 9.17) is 17.3 Å². The summed E-state index contributed by atoms with van der Waals surface area (Å²) in [5.74, 6) is 0. The van der Waals surface area contributed by atoms with Gasteiger partial charge in [0.05, 0.1) is 10.7 Å². The van der Waals surface area contributed by atoms with Crippen LogP contribution in [-0.4, -0.2) is 49.6 Å². The third-order valence-electron chi connectivity index (χ3n) is 3.60. The first-order chi connectivity index (χ1) is 8.65. The third kappa shape index (κ3) is 3.87. The van der Waals surface area contributed by atoms with Crippen LogP contribution in [0, 0.1) is 0 Å². The maximum absolute atomic E-state index is 5.91. The predicted molar refractivity (Wildman–Crippen MR) is 78.1 cm³/mol. The van der Waals surface area contributed by atoms with E-state index < -0.39 is 0 Å². The molecule has 0 aromatic heterocycles. The van der Waals surface area contributed by atoms with E-state index in [9.17, 15) is 0 Å². The fourth-order valence-corrected chi connectivity index (χ4v) is 2.44. The Morgan fingerprint density at radius 1 is 1.22 bits per heavy atom. The highest BCUT2D eigenvalue weighted by Gasteiger charge is 2.12. The number of nitrogens with zero attached hydrogens (tertiary/aromatic N) is 2. The molecule has 1 fully saturated rings. The normalized spacial score (nSPS) is 18.1. The topological polar surface area (TPSA) is 32.5 Å². The number of halogens is 1. The molecule has 0 bridgehead atoms. The third-order valence-corrected chi connectivity index (χ3v) is 3.94. The van der Waals surface area contributed by atoms with E-state index in [2.05, 4.69) is 22.9 Å². The van der Waals surface area contributed by atoms with Gasteiger partial charge in [-0.2, -0.15) is 0 Å². The number of hydrogen-bond donors (Lipinski definition) is 1. The molecule has 100 valence electrons. The number of anilines is 1. The molecule has 0 amide bonds. The number of rotatable bonds is 4. The molecule has 2 N–H and O–H groups in total. The maximum Gasteiger partial charge on any atom is 0.0635 e. The Labute approximate surface area is 115 Å². The molecule has 4 heteroatoms. The van der Waals surface area contributed by atoms with E-state index in [1.807, 2.05) is 12.1 Å². The SMILES string of the molecule is CN1CCN(CCCc2ccc(Cl)c(N)c2)CC1. The van der Waals surface area contributed by atoms with Gasteiger partial charge in [-0.15, -0.1) is 0 Å². The monoisotopic (exact) mass is 267 g/mol. The van der Waals surface area contributed by atoms with Crippen LogP contribution in [0.25, 0.3) is 0 Å². The molecule has 1 aromatic carbocycles. The van der Waals surface area contributed by atoms with Gasteiger partial charge in [0.1, 0.15) is 0 Å². The van der Waals surface area contributed by atoms with Gasteiger partial charge in [0.2, 0.25) is 0 Å². The van der Waals surface area contributed by atoms with Gasteiger partial charge < -0.3 is 15.5 Å². The van der Waals surface area contributed by atoms with E-state index in [0.29, 0.717) is 10.7 Å². The second-order valence-corrected chi connectivity index (χ2v) is 5.51. The Bertz CT molecular complexity index is 387. The lowest BCUT2D eigenvalue weighted by atomic mass is 10.1. The van der Waals surface area contributed by atoms with Gasteiger partial charge in [-0.3, -0.25) is 0 Å². The highest BCUT2D eigenvalue weighted by molar-refractivity contribution is 6.33. The van der Waals surface area contributed by atoms with Gasteiger partial charge in [-0.1, -0.05) is 17.7 Å². The summed E-state index contributed by atoms with van der Waals surface area (Å²) in [6, 6.07) is 5.96. The first-order valence-electron chi connectivity index (χ1n) is 6.60. The minimum Gasteiger partial charge on any atom is -0.398 e. The summed E-state index contributed by atoms with van der Waals surface area (Å²) in [5, 5.41) is 0.651. The molecular formula is C14H22ClN3. The van der Waals surface area contributed by atoms with Crippen LogP contribution in [0.15, 0.2) is 18.2 Å². The van der Waals surface area contributed by atoms with Crippen molar-refractivity contribution in [1.82, 2.24) is 9.80 Å². The zero-order valence-corrected chi connectivity index (χ0v) is 11.8. The first kappa shape index (κ1) is 13.7. The van der Waals surface area contributed by atoms with Crippen LogP contribution in [-0.2, 0) is 6.42 Å². The van der Waals surface area contributed by atoms with E-state index in [1.54, 1.807) is 0 Å². The van der Waals surface area contributed by atoms with Crippen molar-refractivity contribution in [3.63, 3.8) is 0 Å². The smallest absolute Gasteiger partial charge is 0.0635 e. The number of nitrogen functional groups attached to an aromatic ring is 1. The fraction of sp³-hybridized carbons (Fsp3) is 0.571. The van der Waals surface area contributed by atoms with Crippen LogP contribution >= 0.6 is 11.6 Å². The Balaban J connectivity index is 1.73. The van der Waals surface area contributed by atoms with Crippen molar-refractivity contribution in [3.05, 3.63) is 28.8 Å². The number of piperazine rings is 1. The molecule has 0 atom stereocenters. The van der Waals surface area contributed by atoms with Gasteiger partial charge >= 0.3 is 0 Å². The number of aryl methyl sites for hydroxylation is 1. The summed E-state index contributed by atoms with van der Waals surface area (Å²) in [4.78, 5) is 4.93. The van der Waals surface area contributed by atoms with Crippen LogP contribution in [0.3, 0.4) is 0 Å². The molecule has 2 rings (SSSR count). The lowest BCUT2D eigenvalue weighted by molar-refractivity contribution is 0.153. The van der Waals surface area contributed by atoms with Crippen LogP contribution in [0.4, 0.5) is 5.69 Å². The summed E-state index contributed by atoms with van der Waals surface area (Å²) in [6.45, 7) is 5.94. The molecule has 3 nitrogen and oxygen atoms in total. The average Bonchev–Trinajstić information content (AvgIpc) is 2.36. The highest BCUT2D eigenvalue weighted by Crippen LogP contribution is 2.20. The second kappa shape index (κ2) is 6.41. The summed E-state index contributed by atoms with van der Waals surface area (Å²) in [6.07, 6.45) is 2.26. The minimum atomic E-state index is 0.651. The maximum atomic E-state index is 5.91. The van der Waals surface area contributed by atoms with Gasteiger partial charge in [0, 0.05) is 26.2 Å². The molecule has 0 unspecified atom stereocenters. The number of nitrogens with two attached hydrogens (primary N) is 1. The van der Waals surface area contributed by atoms with Crippen LogP contribution in [0.1, 0.15) is 12.0 Å². The zero-order valence-electron chi connectivity index (χ0n) is 11.0. The molecule has 1 aliphatic rings. The van der Waals surface area contributed by atoms with Gasteiger partial charge in [-0.05, 0) is 44.1 Å². The van der Waals surface area contributed by atoms with Gasteiger partial charge in [-0.25, -0.2) is 0 Å². The van der Waals surface area contributed by atoms with Crippen molar-refractivity contribution in [2.24, 2.45) is 0 Å². The van der Waals surface area contributed by atoms with Crippen molar-refractivity contribution in [2.75, 3.05) is 45.5 Å². The molecular weight excluding hydrogens is 246 g/mol. The van der Waals surface area contributed by atoms with Crippen molar-refractivity contribution >= 4 is 17.3 Å².